The largest absolute Gasteiger partial charge is 0.508 e. The quantitative estimate of drug-likeness (QED) is 0.631. The molecule has 0 heterocycles. The molecule has 4 atom stereocenters. The van der Waals surface area contributed by atoms with Crippen molar-refractivity contribution in [3.8, 4) is 17.2 Å². The van der Waals surface area contributed by atoms with Crippen LogP contribution in [0, 0.1) is 22.7 Å². The number of hydrogen-bond donors (Lipinski definition) is 1. The Morgan fingerprint density at radius 3 is 2.67 bits per heavy atom. The van der Waals surface area contributed by atoms with Gasteiger partial charge in [-0.1, -0.05) is 32.9 Å². The Labute approximate surface area is 164 Å². The highest BCUT2D eigenvalue weighted by Gasteiger charge is 2.54. The molecular weight excluding hydrogens is 336 g/mol. The third kappa shape index (κ3) is 3.23. The minimum absolute atomic E-state index is 0.0892. The van der Waals surface area contributed by atoms with Crippen molar-refractivity contribution in [2.24, 2.45) is 22.7 Å². The summed E-state index contributed by atoms with van der Waals surface area (Å²) < 4.78 is 11.5. The first-order valence-electron chi connectivity index (χ1n) is 10.5. The molecule has 2 aliphatic rings. The van der Waals surface area contributed by atoms with E-state index in [0.717, 1.165) is 24.2 Å². The predicted molar refractivity (Wildman–Crippen MR) is 111 cm³/mol. The maximum Gasteiger partial charge on any atom is 0.167 e. The molecule has 1 aromatic rings. The van der Waals surface area contributed by atoms with Gasteiger partial charge in [0, 0.05) is 5.56 Å². The number of rotatable bonds is 5. The molecule has 2 fully saturated rings. The summed E-state index contributed by atoms with van der Waals surface area (Å²) >= 11 is 0. The summed E-state index contributed by atoms with van der Waals surface area (Å²) in [4.78, 5) is 0. The lowest BCUT2D eigenvalue weighted by atomic mass is 9.46. The minimum atomic E-state index is 0.0892. The van der Waals surface area contributed by atoms with Gasteiger partial charge in [0.15, 0.2) is 11.5 Å². The van der Waals surface area contributed by atoms with Crippen molar-refractivity contribution in [3.05, 3.63) is 29.8 Å². The van der Waals surface area contributed by atoms with Crippen LogP contribution in [0.1, 0.15) is 65.4 Å². The average molecular weight is 373 g/mol. The van der Waals surface area contributed by atoms with Crippen LogP contribution in [-0.4, -0.2) is 18.8 Å². The number of ether oxygens (including phenoxy) is 2. The first-order valence-corrected chi connectivity index (χ1v) is 10.5. The Morgan fingerprint density at radius 2 is 2.00 bits per heavy atom. The molecule has 3 heteroatoms. The normalized spacial score (nSPS) is 33.4. The Bertz CT molecular complexity index is 710. The number of aromatic hydroxyl groups is 1. The van der Waals surface area contributed by atoms with Crippen molar-refractivity contribution in [1.29, 1.82) is 0 Å². The van der Waals surface area contributed by atoms with E-state index < -0.39 is 0 Å². The second-order valence-electron chi connectivity index (χ2n) is 9.12. The molecule has 2 aliphatic carbocycles. The van der Waals surface area contributed by atoms with E-state index in [1.807, 2.05) is 6.92 Å². The van der Waals surface area contributed by atoms with Crippen molar-refractivity contribution in [2.45, 2.75) is 66.2 Å². The number of phenols is 1. The Kier molecular flexibility index (Phi) is 5.52. The van der Waals surface area contributed by atoms with Crippen LogP contribution in [0.15, 0.2) is 24.3 Å². The summed E-state index contributed by atoms with van der Waals surface area (Å²) in [5.74, 6) is 2.88. The van der Waals surface area contributed by atoms with Gasteiger partial charge in [0.2, 0.25) is 0 Å². The van der Waals surface area contributed by atoms with Crippen molar-refractivity contribution < 1.29 is 14.6 Å². The van der Waals surface area contributed by atoms with E-state index >= 15 is 0 Å². The molecule has 0 saturated heterocycles. The standard InChI is InChI=1S/C24H36O3/c1-7-27-20-12-11-19(25)18(22(20)26-6)15-24(5)17(3)13-14-23(4)16(2)9-8-10-21(23)24/h11-12,17,21,25H,2,7-10,13-15H2,1,3-6H3/t17-,21+,23+,24+/m0/s1. The molecule has 0 unspecified atom stereocenters. The van der Waals surface area contributed by atoms with Crippen molar-refractivity contribution >= 4 is 0 Å². The lowest BCUT2D eigenvalue weighted by molar-refractivity contribution is -0.0493. The summed E-state index contributed by atoms with van der Waals surface area (Å²) in [5, 5.41) is 10.7. The Hall–Kier alpha value is -1.64. The third-order valence-electron chi connectivity index (χ3n) is 7.83. The predicted octanol–water partition coefficient (Wildman–Crippen LogP) is 6.14. The van der Waals surface area contributed by atoms with Crippen molar-refractivity contribution in [1.82, 2.24) is 0 Å². The molecule has 0 bridgehead atoms. The fourth-order valence-corrected chi connectivity index (χ4v) is 5.91. The van der Waals surface area contributed by atoms with E-state index in [2.05, 4.69) is 27.4 Å². The van der Waals surface area contributed by atoms with Gasteiger partial charge in [-0.3, -0.25) is 0 Å². The van der Waals surface area contributed by atoms with Crippen LogP contribution in [0.25, 0.3) is 0 Å². The first-order chi connectivity index (χ1) is 12.8. The molecule has 27 heavy (non-hydrogen) atoms. The van der Waals surface area contributed by atoms with Gasteiger partial charge in [-0.15, -0.1) is 0 Å². The molecule has 150 valence electrons. The second kappa shape index (κ2) is 7.41. The molecule has 3 nitrogen and oxygen atoms in total. The molecule has 0 amide bonds. The number of fused-ring (bicyclic) bond motifs is 1. The summed E-state index contributed by atoms with van der Waals surface area (Å²) in [7, 11) is 1.67. The smallest absolute Gasteiger partial charge is 0.167 e. The summed E-state index contributed by atoms with van der Waals surface area (Å²) in [6, 6.07) is 3.55. The SMILES string of the molecule is C=C1CCC[C@H]2[C@](C)(Cc3c(O)ccc(OCC)c3OC)[C@@H](C)CC[C@]12C. The van der Waals surface area contributed by atoms with Crippen LogP contribution in [-0.2, 0) is 6.42 Å². The minimum Gasteiger partial charge on any atom is -0.508 e. The van der Waals surface area contributed by atoms with Gasteiger partial charge < -0.3 is 14.6 Å². The van der Waals surface area contributed by atoms with Gasteiger partial charge in [-0.2, -0.15) is 0 Å². The van der Waals surface area contributed by atoms with Gasteiger partial charge in [0.05, 0.1) is 13.7 Å². The van der Waals surface area contributed by atoms with E-state index in [1.54, 1.807) is 19.2 Å². The van der Waals surface area contributed by atoms with Crippen LogP contribution >= 0.6 is 0 Å². The zero-order valence-electron chi connectivity index (χ0n) is 17.7. The number of phenolic OH excluding ortho intramolecular Hbond substituents is 1. The number of benzene rings is 1. The average Bonchev–Trinajstić information content (AvgIpc) is 2.64. The Morgan fingerprint density at radius 1 is 1.26 bits per heavy atom. The lowest BCUT2D eigenvalue weighted by Crippen LogP contribution is -2.51. The van der Waals surface area contributed by atoms with Crippen molar-refractivity contribution in [2.75, 3.05) is 13.7 Å². The molecule has 0 spiro atoms. The number of hydrogen-bond acceptors (Lipinski definition) is 3. The van der Waals surface area contributed by atoms with E-state index in [-0.39, 0.29) is 10.8 Å². The summed E-state index contributed by atoms with van der Waals surface area (Å²) in [5.41, 5.74) is 2.61. The van der Waals surface area contributed by atoms with E-state index in [1.165, 1.54) is 31.3 Å². The van der Waals surface area contributed by atoms with Gasteiger partial charge in [-0.05, 0) is 80.2 Å². The molecule has 1 aromatic carbocycles. The lowest BCUT2D eigenvalue weighted by Gasteiger charge is -2.59. The maximum atomic E-state index is 10.7. The highest BCUT2D eigenvalue weighted by molar-refractivity contribution is 5.54. The highest BCUT2D eigenvalue weighted by atomic mass is 16.5. The molecule has 0 aliphatic heterocycles. The molecule has 2 saturated carbocycles. The van der Waals surface area contributed by atoms with Gasteiger partial charge in [0.1, 0.15) is 5.75 Å². The zero-order valence-corrected chi connectivity index (χ0v) is 17.7. The van der Waals surface area contributed by atoms with Crippen molar-refractivity contribution in [3.63, 3.8) is 0 Å². The highest BCUT2D eigenvalue weighted by Crippen LogP contribution is 2.63. The van der Waals surface area contributed by atoms with Crippen LogP contribution in [0.5, 0.6) is 17.2 Å². The van der Waals surface area contributed by atoms with E-state index in [9.17, 15) is 5.11 Å². The fraction of sp³-hybridized carbons (Fsp3) is 0.667. The molecule has 0 aromatic heterocycles. The first kappa shape index (κ1) is 20.1. The summed E-state index contributed by atoms with van der Waals surface area (Å²) in [6.45, 7) is 14.2. The van der Waals surface area contributed by atoms with Gasteiger partial charge in [-0.25, -0.2) is 0 Å². The van der Waals surface area contributed by atoms with Crippen LogP contribution in [0.2, 0.25) is 0 Å². The third-order valence-corrected chi connectivity index (χ3v) is 7.83. The fourth-order valence-electron chi connectivity index (χ4n) is 5.91. The molecule has 0 radical (unpaired) electrons. The molecule has 1 N–H and O–H groups in total. The molecular formula is C24H36O3. The topological polar surface area (TPSA) is 38.7 Å². The second-order valence-corrected chi connectivity index (χ2v) is 9.12. The summed E-state index contributed by atoms with van der Waals surface area (Å²) in [6.07, 6.45) is 6.86. The van der Waals surface area contributed by atoms with Crippen LogP contribution in [0.4, 0.5) is 0 Å². The number of methoxy groups -OCH3 is 1. The zero-order chi connectivity index (χ0) is 19.8. The van der Waals surface area contributed by atoms with E-state index in [4.69, 9.17) is 9.47 Å². The van der Waals surface area contributed by atoms with Gasteiger partial charge >= 0.3 is 0 Å². The monoisotopic (exact) mass is 372 g/mol. The number of allylic oxidation sites excluding steroid dienone is 1. The van der Waals surface area contributed by atoms with Gasteiger partial charge in [0.25, 0.3) is 0 Å². The Balaban J connectivity index is 2.05. The van der Waals surface area contributed by atoms with E-state index in [0.29, 0.717) is 29.9 Å². The maximum absolute atomic E-state index is 10.7. The van der Waals surface area contributed by atoms with Crippen LogP contribution in [0.3, 0.4) is 0 Å². The van der Waals surface area contributed by atoms with Crippen LogP contribution < -0.4 is 9.47 Å². The molecule has 3 rings (SSSR count).